The van der Waals surface area contributed by atoms with Crippen molar-refractivity contribution in [1.82, 2.24) is 0 Å². The molecule has 2 aliphatic rings. The first kappa shape index (κ1) is 48.3. The number of benzene rings is 4. The smallest absolute Gasteiger partial charge is 0.194 e. The second-order valence-corrected chi connectivity index (χ2v) is 11.7. The summed E-state index contributed by atoms with van der Waals surface area (Å²) >= 11 is 0. The van der Waals surface area contributed by atoms with Crippen LogP contribution in [-0.2, 0) is 32.0 Å². The summed E-state index contributed by atoms with van der Waals surface area (Å²) in [5.41, 5.74) is 0.334. The average Bonchev–Trinajstić information content (AvgIpc) is 3.14. The fraction of sp³-hybridized carbons (Fsp3) is 0.300. The predicted octanol–water partition coefficient (Wildman–Crippen LogP) is 0.840. The first-order chi connectivity index (χ1) is 23.9. The van der Waals surface area contributed by atoms with Crippen LogP contribution in [0.1, 0.15) is 105 Å². The summed E-state index contributed by atoms with van der Waals surface area (Å²) in [5, 5.41) is 45.9. The van der Waals surface area contributed by atoms with Gasteiger partial charge < -0.3 is 41.2 Å². The summed E-state index contributed by atoms with van der Waals surface area (Å²) in [6.45, 7) is 21.0. The van der Waals surface area contributed by atoms with Crippen LogP contribution in [0.25, 0.3) is 0 Å². The van der Waals surface area contributed by atoms with Gasteiger partial charge in [0.25, 0.3) is 0 Å². The van der Waals surface area contributed by atoms with E-state index in [1.54, 1.807) is 34.1 Å². The third kappa shape index (κ3) is 10.7. The van der Waals surface area contributed by atoms with Gasteiger partial charge in [-0.15, -0.1) is 23.0 Å². The molecule has 53 heavy (non-hydrogen) atoms. The second-order valence-electron chi connectivity index (χ2n) is 11.7. The molecule has 4 aromatic rings. The maximum atomic E-state index is 12.1. The van der Waals surface area contributed by atoms with E-state index in [0.29, 0.717) is 0 Å². The molecule has 0 heterocycles. The zero-order valence-electron chi connectivity index (χ0n) is 30.7. The molecule has 2 aliphatic carbocycles. The Morgan fingerprint density at radius 1 is 0.396 bits per heavy atom. The quantitative estimate of drug-likeness (QED) is 0.243. The third-order valence-electron chi connectivity index (χ3n) is 9.02. The van der Waals surface area contributed by atoms with Gasteiger partial charge in [-0.3, -0.25) is 19.2 Å². The maximum absolute atomic E-state index is 12.1. The van der Waals surface area contributed by atoms with Crippen molar-refractivity contribution in [2.45, 2.75) is 41.5 Å². The van der Waals surface area contributed by atoms with E-state index in [1.807, 2.05) is 0 Å². The Kier molecular flexibility index (Phi) is 20.4. The molecule has 0 radical (unpaired) electrons. The van der Waals surface area contributed by atoms with Gasteiger partial charge in [0, 0.05) is 65.6 Å². The number of rotatable bonds is 6. The summed E-state index contributed by atoms with van der Waals surface area (Å²) < 4.78 is 0. The van der Waals surface area contributed by atoms with Gasteiger partial charge >= 0.3 is 0 Å². The van der Waals surface area contributed by atoms with Crippen molar-refractivity contribution in [3.63, 3.8) is 0 Å². The number of carbonyl (C=O) groups excluding carboxylic acids is 4. The third-order valence-corrected chi connectivity index (χ3v) is 9.02. The molecule has 2 N–H and O–H groups in total. The SMILES string of the molecule is CC[NH+](CC)CC.CC[NH+](CC)CC.O=C1c2ccccc2C(=O)c2c1ccc([O-])c2[O-].O=C1c2ccccc2C(=O)c2c1ccc([O-])c2[O-].[O-2].[O-2].[W]. The Balaban J connectivity index is 0.000000730. The van der Waals surface area contributed by atoms with E-state index in [0.717, 1.165) is 12.1 Å². The van der Waals surface area contributed by atoms with Crippen LogP contribution in [0.3, 0.4) is 0 Å². The van der Waals surface area contributed by atoms with Crippen LogP contribution in [0.5, 0.6) is 23.0 Å². The summed E-state index contributed by atoms with van der Waals surface area (Å²) in [4.78, 5) is 51.9. The molecule has 0 aliphatic heterocycles. The minimum atomic E-state index is -0.902. The topological polar surface area (TPSA) is 226 Å². The Morgan fingerprint density at radius 2 is 0.642 bits per heavy atom. The molecular weight excluding hydrogens is 852 g/mol. The van der Waals surface area contributed by atoms with Gasteiger partial charge in [0.15, 0.2) is 23.1 Å². The standard InChI is InChI=1S/2C14H8O4.2C6H15N.2O.W/c2*15-10-6-5-9-11(14(10)18)13(17)8-4-2-1-3-7(8)12(9)16;2*1-4-7(5-2)6-3;;;/h2*1-6,15,18H;2*4-6H2,1-3H3;;;/q;;;;2*-2;/p-2. The fourth-order valence-corrected chi connectivity index (χ4v) is 5.77. The zero-order chi connectivity index (χ0) is 37.1. The van der Waals surface area contributed by atoms with Crippen molar-refractivity contribution in [3.05, 3.63) is 117 Å². The molecule has 0 amide bonds. The molecule has 0 fully saturated rings. The summed E-state index contributed by atoms with van der Waals surface area (Å²) in [5.74, 6) is -5.23. The molecule has 13 heteroatoms. The number of quaternary nitrogens is 2. The van der Waals surface area contributed by atoms with Crippen LogP contribution in [0, 0.1) is 0 Å². The van der Waals surface area contributed by atoms with Gasteiger partial charge in [-0.05, 0) is 41.5 Å². The number of carbonyl (C=O) groups is 4. The van der Waals surface area contributed by atoms with Gasteiger partial charge in [-0.2, -0.15) is 0 Å². The van der Waals surface area contributed by atoms with Crippen LogP contribution in [0.15, 0.2) is 72.8 Å². The van der Waals surface area contributed by atoms with Crippen molar-refractivity contribution in [3.8, 4) is 23.0 Å². The first-order valence-electron chi connectivity index (χ1n) is 17.0. The Bertz CT molecular complexity index is 1720. The van der Waals surface area contributed by atoms with Crippen molar-refractivity contribution in [1.29, 1.82) is 0 Å². The van der Waals surface area contributed by atoms with Crippen LogP contribution in [0.2, 0.25) is 0 Å². The molecule has 6 rings (SSSR count). The van der Waals surface area contributed by atoms with E-state index in [2.05, 4.69) is 41.5 Å². The maximum Gasteiger partial charge on any atom is 0.194 e. The number of fused-ring (bicyclic) bond motifs is 4. The van der Waals surface area contributed by atoms with E-state index in [9.17, 15) is 39.6 Å². The van der Waals surface area contributed by atoms with E-state index >= 15 is 0 Å². The van der Waals surface area contributed by atoms with E-state index < -0.39 is 46.1 Å². The van der Waals surface area contributed by atoms with Crippen LogP contribution in [0.4, 0.5) is 0 Å². The van der Waals surface area contributed by atoms with Gasteiger partial charge in [0.1, 0.15) is 0 Å². The van der Waals surface area contributed by atoms with Gasteiger partial charge in [0.2, 0.25) is 0 Å². The van der Waals surface area contributed by atoms with E-state index in [1.165, 1.54) is 75.7 Å². The molecule has 0 atom stereocenters. The fourth-order valence-electron chi connectivity index (χ4n) is 5.77. The molecule has 0 bridgehead atoms. The average molecular weight is 897 g/mol. The second kappa shape index (κ2) is 22.4. The molecular formula is C40H44N2O10W-6. The first-order valence-corrected chi connectivity index (χ1v) is 17.0. The molecule has 0 saturated heterocycles. The zero-order valence-corrected chi connectivity index (χ0v) is 33.6. The van der Waals surface area contributed by atoms with Gasteiger partial charge in [-0.25, -0.2) is 0 Å². The van der Waals surface area contributed by atoms with E-state index in [-0.39, 0.29) is 76.5 Å². The number of hydrogen-bond donors (Lipinski definition) is 2. The summed E-state index contributed by atoms with van der Waals surface area (Å²) in [7, 11) is 0. The number of nitrogens with one attached hydrogen (secondary N) is 2. The Morgan fingerprint density at radius 3 is 0.868 bits per heavy atom. The predicted molar refractivity (Wildman–Crippen MR) is 184 cm³/mol. The normalized spacial score (nSPS) is 11.6. The van der Waals surface area contributed by atoms with Gasteiger partial charge in [-0.1, -0.05) is 72.8 Å². The molecule has 4 aromatic carbocycles. The van der Waals surface area contributed by atoms with E-state index in [4.69, 9.17) is 0 Å². The molecule has 0 saturated carbocycles. The number of ketones is 4. The van der Waals surface area contributed by atoms with Crippen LogP contribution in [-0.4, -0.2) is 62.4 Å². The Labute approximate surface area is 324 Å². The van der Waals surface area contributed by atoms with Crippen molar-refractivity contribution in [2.75, 3.05) is 39.3 Å². The monoisotopic (exact) mass is 896 g/mol. The van der Waals surface area contributed by atoms with Crippen molar-refractivity contribution in [2.24, 2.45) is 0 Å². The molecule has 286 valence electrons. The molecule has 0 spiro atoms. The molecule has 0 aromatic heterocycles. The minimum absolute atomic E-state index is 0. The molecule has 0 unspecified atom stereocenters. The minimum Gasteiger partial charge on any atom is -2.00 e. The molecule has 12 nitrogen and oxygen atoms in total. The largest absolute Gasteiger partial charge is 2.00 e. The van der Waals surface area contributed by atoms with Crippen molar-refractivity contribution >= 4 is 23.1 Å². The van der Waals surface area contributed by atoms with Crippen LogP contribution < -0.4 is 30.2 Å². The van der Waals surface area contributed by atoms with Crippen molar-refractivity contribution < 1.29 is 81.4 Å². The van der Waals surface area contributed by atoms with Gasteiger partial charge in [0.05, 0.1) is 39.3 Å². The summed E-state index contributed by atoms with van der Waals surface area (Å²) in [6, 6.07) is 17.1. The van der Waals surface area contributed by atoms with Crippen LogP contribution >= 0.6 is 0 Å². The number of hydrogen-bond acceptors (Lipinski definition) is 8. The summed E-state index contributed by atoms with van der Waals surface area (Å²) in [6.07, 6.45) is 0. The Hall–Kier alpha value is -4.71.